The lowest BCUT2D eigenvalue weighted by atomic mass is 10.2. The van der Waals surface area contributed by atoms with Crippen LogP contribution in [0.4, 0.5) is 5.69 Å². The summed E-state index contributed by atoms with van der Waals surface area (Å²) in [5, 5.41) is 5.13. The van der Waals surface area contributed by atoms with Crippen molar-refractivity contribution in [2.75, 3.05) is 17.4 Å². The summed E-state index contributed by atoms with van der Waals surface area (Å²) >= 11 is 1.30. The Hall–Kier alpha value is -1.37. The Morgan fingerprint density at radius 3 is 2.95 bits per heavy atom. The summed E-state index contributed by atoms with van der Waals surface area (Å²) in [5.74, 6) is 0. The first-order chi connectivity index (χ1) is 10.1. The molecule has 1 aromatic heterocycles. The Labute approximate surface area is 129 Å². The van der Waals surface area contributed by atoms with Gasteiger partial charge in [-0.15, -0.1) is 11.3 Å². The summed E-state index contributed by atoms with van der Waals surface area (Å²) < 4.78 is 27.6. The number of benzene rings is 1. The number of nitrogens with one attached hydrogen (secondary N) is 1. The van der Waals surface area contributed by atoms with Crippen LogP contribution < -0.4 is 9.62 Å². The van der Waals surface area contributed by atoms with Crippen LogP contribution in [-0.2, 0) is 23.0 Å². The second-order valence-corrected chi connectivity index (χ2v) is 8.01. The summed E-state index contributed by atoms with van der Waals surface area (Å²) in [7, 11) is -3.43. The van der Waals surface area contributed by atoms with Crippen molar-refractivity contribution in [1.82, 2.24) is 5.32 Å². The maximum atomic E-state index is 12.8. The second kappa shape index (κ2) is 5.79. The highest BCUT2D eigenvalue weighted by Gasteiger charge is 2.31. The largest absolute Gasteiger partial charge is 0.313 e. The average molecular weight is 322 g/mol. The number of fused-ring (bicyclic) bond motifs is 1. The molecule has 21 heavy (non-hydrogen) atoms. The van der Waals surface area contributed by atoms with Crippen LogP contribution in [0.3, 0.4) is 0 Å². The summed E-state index contributed by atoms with van der Waals surface area (Å²) in [6, 6.07) is 9.50. The third-order valence-electron chi connectivity index (χ3n) is 3.60. The van der Waals surface area contributed by atoms with Gasteiger partial charge in [0.1, 0.15) is 4.21 Å². The normalized spacial score (nSPS) is 14.4. The highest BCUT2D eigenvalue weighted by atomic mass is 32.2. The van der Waals surface area contributed by atoms with E-state index >= 15 is 0 Å². The monoisotopic (exact) mass is 322 g/mol. The molecule has 1 aromatic carbocycles. The summed E-state index contributed by atoms with van der Waals surface area (Å²) in [4.78, 5) is 0. The molecule has 1 aliphatic rings. The first-order valence-electron chi connectivity index (χ1n) is 7.01. The molecule has 0 aliphatic carbocycles. The number of hydrogen-bond acceptors (Lipinski definition) is 4. The SMILES string of the molecule is CCNCc1csc(S(=O)(=O)N2CCc3ccccc32)c1. The Bertz CT molecular complexity index is 738. The van der Waals surface area contributed by atoms with E-state index in [-0.39, 0.29) is 0 Å². The minimum Gasteiger partial charge on any atom is -0.313 e. The van der Waals surface area contributed by atoms with Crippen LogP contribution >= 0.6 is 11.3 Å². The van der Waals surface area contributed by atoms with Gasteiger partial charge in [-0.2, -0.15) is 0 Å². The number of thiophene rings is 1. The fraction of sp³-hybridized carbons (Fsp3) is 0.333. The molecule has 3 rings (SSSR count). The predicted octanol–water partition coefficient (Wildman–Crippen LogP) is 2.61. The fourth-order valence-electron chi connectivity index (χ4n) is 2.52. The van der Waals surface area contributed by atoms with Crippen molar-refractivity contribution in [2.45, 2.75) is 24.1 Å². The van der Waals surface area contributed by atoms with E-state index in [0.29, 0.717) is 17.3 Å². The topological polar surface area (TPSA) is 49.4 Å². The van der Waals surface area contributed by atoms with Gasteiger partial charge in [-0.25, -0.2) is 8.42 Å². The summed E-state index contributed by atoms with van der Waals surface area (Å²) in [5.41, 5.74) is 2.94. The average Bonchev–Trinajstić information content (AvgIpc) is 3.12. The molecule has 0 amide bonds. The zero-order valence-corrected chi connectivity index (χ0v) is 13.5. The molecule has 6 heteroatoms. The van der Waals surface area contributed by atoms with Gasteiger partial charge in [0.15, 0.2) is 0 Å². The molecule has 0 radical (unpaired) electrons. The minimum atomic E-state index is -3.43. The number of anilines is 1. The molecule has 2 aromatic rings. The smallest absolute Gasteiger partial charge is 0.273 e. The van der Waals surface area contributed by atoms with Crippen molar-refractivity contribution < 1.29 is 8.42 Å². The van der Waals surface area contributed by atoms with Crippen LogP contribution in [0, 0.1) is 0 Å². The standard InChI is InChI=1S/C15H18N2O2S2/c1-2-16-10-12-9-15(20-11-12)21(18,19)17-8-7-13-5-3-4-6-14(13)17/h3-6,9,11,16H,2,7-8,10H2,1H3. The maximum absolute atomic E-state index is 12.8. The molecule has 0 atom stereocenters. The van der Waals surface area contributed by atoms with Crippen LogP contribution in [0.25, 0.3) is 0 Å². The summed E-state index contributed by atoms with van der Waals surface area (Å²) in [6.45, 7) is 4.14. The van der Waals surface area contributed by atoms with E-state index in [9.17, 15) is 8.42 Å². The van der Waals surface area contributed by atoms with Gasteiger partial charge in [-0.05, 0) is 41.6 Å². The molecule has 0 unspecified atom stereocenters. The lowest BCUT2D eigenvalue weighted by Crippen LogP contribution is -2.28. The van der Waals surface area contributed by atoms with Crippen molar-refractivity contribution >= 4 is 27.0 Å². The maximum Gasteiger partial charge on any atom is 0.273 e. The van der Waals surface area contributed by atoms with Crippen molar-refractivity contribution in [3.8, 4) is 0 Å². The first kappa shape index (κ1) is 14.6. The van der Waals surface area contributed by atoms with E-state index in [2.05, 4.69) is 5.32 Å². The van der Waals surface area contributed by atoms with Crippen LogP contribution in [-0.4, -0.2) is 21.5 Å². The molecular formula is C15H18N2O2S2. The van der Waals surface area contributed by atoms with E-state index in [1.807, 2.05) is 36.6 Å². The number of rotatable bonds is 5. The van der Waals surface area contributed by atoms with Gasteiger partial charge in [0, 0.05) is 13.1 Å². The van der Waals surface area contributed by atoms with E-state index in [1.54, 1.807) is 6.07 Å². The predicted molar refractivity (Wildman–Crippen MR) is 86.4 cm³/mol. The Morgan fingerprint density at radius 1 is 1.33 bits per heavy atom. The van der Waals surface area contributed by atoms with Crippen molar-refractivity contribution in [2.24, 2.45) is 0 Å². The van der Waals surface area contributed by atoms with E-state index in [4.69, 9.17) is 0 Å². The minimum absolute atomic E-state index is 0.423. The number of nitrogens with zero attached hydrogens (tertiary/aromatic N) is 1. The second-order valence-electron chi connectivity index (χ2n) is 5.01. The van der Waals surface area contributed by atoms with Gasteiger partial charge in [-0.1, -0.05) is 25.1 Å². The molecule has 0 saturated heterocycles. The number of hydrogen-bond donors (Lipinski definition) is 1. The lowest BCUT2D eigenvalue weighted by Gasteiger charge is -2.18. The highest BCUT2D eigenvalue weighted by Crippen LogP contribution is 2.34. The quantitative estimate of drug-likeness (QED) is 0.920. The first-order valence-corrected chi connectivity index (χ1v) is 9.33. The van der Waals surface area contributed by atoms with Crippen molar-refractivity contribution in [3.05, 3.63) is 46.8 Å². The van der Waals surface area contributed by atoms with Gasteiger partial charge in [0.2, 0.25) is 0 Å². The molecule has 2 heterocycles. The molecule has 112 valence electrons. The van der Waals surface area contributed by atoms with Gasteiger partial charge in [-0.3, -0.25) is 4.31 Å². The summed E-state index contributed by atoms with van der Waals surface area (Å²) in [6.07, 6.45) is 0.783. The Balaban J connectivity index is 1.89. The van der Waals surface area contributed by atoms with E-state index in [0.717, 1.165) is 29.8 Å². The van der Waals surface area contributed by atoms with Crippen LogP contribution in [0.1, 0.15) is 18.1 Å². The third kappa shape index (κ3) is 2.71. The zero-order chi connectivity index (χ0) is 14.9. The number of para-hydroxylation sites is 1. The van der Waals surface area contributed by atoms with Gasteiger partial charge >= 0.3 is 0 Å². The molecule has 0 saturated carbocycles. The van der Waals surface area contributed by atoms with Gasteiger partial charge in [0.25, 0.3) is 10.0 Å². The zero-order valence-electron chi connectivity index (χ0n) is 11.9. The Morgan fingerprint density at radius 2 is 2.14 bits per heavy atom. The van der Waals surface area contributed by atoms with Crippen LogP contribution in [0.2, 0.25) is 0 Å². The van der Waals surface area contributed by atoms with Crippen LogP contribution in [0.5, 0.6) is 0 Å². The van der Waals surface area contributed by atoms with E-state index in [1.165, 1.54) is 15.6 Å². The molecule has 0 bridgehead atoms. The molecule has 0 spiro atoms. The van der Waals surface area contributed by atoms with Crippen LogP contribution in [0.15, 0.2) is 39.9 Å². The fourth-order valence-corrected chi connectivity index (χ4v) is 5.34. The molecule has 1 aliphatic heterocycles. The lowest BCUT2D eigenvalue weighted by molar-refractivity contribution is 0.594. The van der Waals surface area contributed by atoms with E-state index < -0.39 is 10.0 Å². The van der Waals surface area contributed by atoms with Crippen molar-refractivity contribution in [1.29, 1.82) is 0 Å². The molecule has 4 nitrogen and oxygen atoms in total. The molecule has 0 fully saturated rings. The molecular weight excluding hydrogens is 304 g/mol. The van der Waals surface area contributed by atoms with Gasteiger partial charge < -0.3 is 5.32 Å². The highest BCUT2D eigenvalue weighted by molar-refractivity contribution is 7.94. The Kier molecular flexibility index (Phi) is 4.01. The van der Waals surface area contributed by atoms with Gasteiger partial charge in [0.05, 0.1) is 5.69 Å². The third-order valence-corrected chi connectivity index (χ3v) is 6.87. The number of sulfonamides is 1. The molecule has 1 N–H and O–H groups in total. The van der Waals surface area contributed by atoms with Crippen molar-refractivity contribution in [3.63, 3.8) is 0 Å².